The molecule has 2 amide bonds. The average molecular weight is 482 g/mol. The largest absolute Gasteiger partial charge is 0.416 e. The summed E-state index contributed by atoms with van der Waals surface area (Å²) in [5.74, 6) is -1.23. The van der Waals surface area contributed by atoms with Gasteiger partial charge in [-0.2, -0.15) is 25.9 Å². The first-order chi connectivity index (χ1) is 14.5. The Morgan fingerprint density at radius 3 is 2.35 bits per heavy atom. The molecule has 0 aromatic heterocycles. The Morgan fingerprint density at radius 1 is 1.10 bits per heavy atom. The van der Waals surface area contributed by atoms with E-state index in [0.29, 0.717) is 37.8 Å². The van der Waals surface area contributed by atoms with Gasteiger partial charge in [-0.1, -0.05) is 12.1 Å². The third kappa shape index (κ3) is 5.89. The van der Waals surface area contributed by atoms with Gasteiger partial charge >= 0.3 is 6.18 Å². The molecule has 2 aliphatic heterocycles. The molecule has 1 aromatic rings. The summed E-state index contributed by atoms with van der Waals surface area (Å²) in [5.41, 5.74) is -0.261. The third-order valence-electron chi connectivity index (χ3n) is 5.63. The number of hydrogen-bond acceptors (Lipinski definition) is 4. The van der Waals surface area contributed by atoms with Crippen LogP contribution in [0.1, 0.15) is 36.8 Å². The number of amides is 2. The lowest BCUT2D eigenvalue weighted by atomic mass is 9.97. The van der Waals surface area contributed by atoms with Crippen molar-refractivity contribution in [3.63, 3.8) is 0 Å². The second-order valence-electron chi connectivity index (χ2n) is 7.74. The number of halogens is 4. The van der Waals surface area contributed by atoms with Crippen LogP contribution >= 0.6 is 10.7 Å². The normalized spacial score (nSPS) is 23.0. The van der Waals surface area contributed by atoms with E-state index in [1.165, 1.54) is 17.0 Å². The molecule has 0 unspecified atom stereocenters. The Morgan fingerprint density at radius 2 is 1.74 bits per heavy atom. The molecule has 7 nitrogen and oxygen atoms in total. The number of rotatable bonds is 5. The van der Waals surface area contributed by atoms with E-state index in [1.807, 2.05) is 0 Å². The molecule has 2 heterocycles. The Balaban J connectivity index is 1.59. The highest BCUT2D eigenvalue weighted by molar-refractivity contribution is 8.11. The van der Waals surface area contributed by atoms with Crippen LogP contribution < -0.4 is 5.32 Å². The molecule has 3 rings (SSSR count). The fourth-order valence-electron chi connectivity index (χ4n) is 4.00. The lowest BCUT2D eigenvalue weighted by Crippen LogP contribution is -2.50. The van der Waals surface area contributed by atoms with Crippen LogP contribution in [0.15, 0.2) is 24.3 Å². The smallest absolute Gasteiger partial charge is 0.350 e. The van der Waals surface area contributed by atoms with Gasteiger partial charge in [-0.05, 0) is 43.4 Å². The maximum absolute atomic E-state index is 13.0. The molecule has 0 radical (unpaired) electrons. The second kappa shape index (κ2) is 9.33. The SMILES string of the molecule is O=C(NCc1ccc(C(F)(F)F)cc1)[C@H]1CCCN1C(=O)[C@H]1CCCN(S(=O)(=O)Cl)C1. The van der Waals surface area contributed by atoms with E-state index < -0.39 is 32.9 Å². The topological polar surface area (TPSA) is 86.8 Å². The lowest BCUT2D eigenvalue weighted by molar-refractivity contribution is -0.142. The van der Waals surface area contributed by atoms with Crippen LogP contribution in [-0.4, -0.2) is 55.1 Å². The molecule has 2 atom stereocenters. The number of carbonyl (C=O) groups excluding carboxylic acids is 2. The molecule has 2 saturated heterocycles. The number of nitrogens with one attached hydrogen (secondary N) is 1. The Labute approximate surface area is 183 Å². The van der Waals surface area contributed by atoms with Gasteiger partial charge in [-0.25, -0.2) is 0 Å². The minimum Gasteiger partial charge on any atom is -0.350 e. The summed E-state index contributed by atoms with van der Waals surface area (Å²) in [6.45, 7) is 0.673. The zero-order valence-electron chi connectivity index (χ0n) is 16.6. The van der Waals surface area contributed by atoms with Crippen molar-refractivity contribution in [1.82, 2.24) is 14.5 Å². The van der Waals surface area contributed by atoms with Gasteiger partial charge in [-0.15, -0.1) is 0 Å². The van der Waals surface area contributed by atoms with Crippen molar-refractivity contribution in [2.24, 2.45) is 5.92 Å². The summed E-state index contributed by atoms with van der Waals surface area (Å²) in [6, 6.07) is 3.80. The van der Waals surface area contributed by atoms with Crippen LogP contribution in [0.25, 0.3) is 0 Å². The van der Waals surface area contributed by atoms with Gasteiger partial charge in [0.05, 0.1) is 11.5 Å². The summed E-state index contributed by atoms with van der Waals surface area (Å²) in [5, 5.41) is 2.68. The average Bonchev–Trinajstić information content (AvgIpc) is 3.20. The van der Waals surface area contributed by atoms with E-state index in [9.17, 15) is 31.2 Å². The van der Waals surface area contributed by atoms with Crippen molar-refractivity contribution in [2.75, 3.05) is 19.6 Å². The first kappa shape index (κ1) is 23.8. The molecule has 2 fully saturated rings. The highest BCUT2D eigenvalue weighted by Crippen LogP contribution is 2.29. The van der Waals surface area contributed by atoms with Gasteiger partial charge in [0.2, 0.25) is 11.8 Å². The quantitative estimate of drug-likeness (QED) is 0.655. The summed E-state index contributed by atoms with van der Waals surface area (Å²) >= 11 is 0. The van der Waals surface area contributed by atoms with Crippen LogP contribution in [0.5, 0.6) is 0 Å². The Hall–Kier alpha value is -1.85. The van der Waals surface area contributed by atoms with Crippen LogP contribution in [-0.2, 0) is 31.5 Å². The molecular weight excluding hydrogens is 459 g/mol. The monoisotopic (exact) mass is 481 g/mol. The first-order valence-corrected chi connectivity index (χ1v) is 12.2. The highest BCUT2D eigenvalue weighted by Gasteiger charge is 2.39. The second-order valence-corrected chi connectivity index (χ2v) is 10.3. The third-order valence-corrected chi connectivity index (χ3v) is 7.16. The fourth-order valence-corrected chi connectivity index (χ4v) is 5.08. The van der Waals surface area contributed by atoms with Crippen LogP contribution in [0.4, 0.5) is 13.2 Å². The van der Waals surface area contributed by atoms with E-state index in [2.05, 4.69) is 5.32 Å². The van der Waals surface area contributed by atoms with Gasteiger partial charge in [-0.3, -0.25) is 9.59 Å². The number of benzene rings is 1. The maximum atomic E-state index is 13.0. The molecule has 1 aromatic carbocycles. The standard InChI is InChI=1S/C19H23ClF3N3O4S/c20-31(29,30)25-9-1-3-14(12-25)18(28)26-10-2-4-16(26)17(27)24-11-13-5-7-15(8-6-13)19(21,22)23/h5-8,14,16H,1-4,9-12H2,(H,24,27)/t14-,16+/m0/s1. The molecular formula is C19H23ClF3N3O4S. The molecule has 0 spiro atoms. The van der Waals surface area contributed by atoms with E-state index in [0.717, 1.165) is 16.4 Å². The van der Waals surface area contributed by atoms with Crippen molar-refractivity contribution in [3.8, 4) is 0 Å². The van der Waals surface area contributed by atoms with Gasteiger partial charge in [0, 0.05) is 36.9 Å². The van der Waals surface area contributed by atoms with Gasteiger partial charge in [0.25, 0.3) is 9.24 Å². The predicted octanol–water partition coefficient (Wildman–Crippen LogP) is 2.51. The van der Waals surface area contributed by atoms with Crippen LogP contribution in [0, 0.1) is 5.92 Å². The van der Waals surface area contributed by atoms with Crippen LogP contribution in [0.3, 0.4) is 0 Å². The Bertz CT molecular complexity index is 924. The zero-order valence-corrected chi connectivity index (χ0v) is 18.1. The summed E-state index contributed by atoms with van der Waals surface area (Å²) < 4.78 is 62.2. The molecule has 0 bridgehead atoms. The predicted molar refractivity (Wildman–Crippen MR) is 107 cm³/mol. The number of alkyl halides is 3. The van der Waals surface area contributed by atoms with Crippen molar-refractivity contribution in [2.45, 2.75) is 44.4 Å². The zero-order chi connectivity index (χ0) is 22.8. The number of nitrogens with zero attached hydrogens (tertiary/aromatic N) is 2. The molecule has 2 aliphatic rings. The summed E-state index contributed by atoms with van der Waals surface area (Å²) in [7, 11) is 1.49. The number of hydrogen-bond donors (Lipinski definition) is 1. The maximum Gasteiger partial charge on any atom is 0.416 e. The molecule has 0 saturated carbocycles. The molecule has 12 heteroatoms. The number of piperidine rings is 1. The first-order valence-electron chi connectivity index (χ1n) is 9.91. The van der Waals surface area contributed by atoms with Gasteiger partial charge in [0.1, 0.15) is 6.04 Å². The van der Waals surface area contributed by atoms with E-state index >= 15 is 0 Å². The van der Waals surface area contributed by atoms with Crippen molar-refractivity contribution in [3.05, 3.63) is 35.4 Å². The molecule has 1 N–H and O–H groups in total. The summed E-state index contributed by atoms with van der Waals surface area (Å²) in [6.07, 6.45) is -2.31. The lowest BCUT2D eigenvalue weighted by Gasteiger charge is -2.33. The molecule has 172 valence electrons. The van der Waals surface area contributed by atoms with Crippen molar-refractivity contribution < 1.29 is 31.2 Å². The van der Waals surface area contributed by atoms with Crippen molar-refractivity contribution in [1.29, 1.82) is 0 Å². The van der Waals surface area contributed by atoms with Gasteiger partial charge in [0.15, 0.2) is 0 Å². The number of likely N-dealkylation sites (tertiary alicyclic amines) is 1. The fraction of sp³-hybridized carbons (Fsp3) is 0.579. The molecule has 0 aliphatic carbocycles. The highest BCUT2D eigenvalue weighted by atomic mass is 35.7. The van der Waals surface area contributed by atoms with E-state index in [1.54, 1.807) is 0 Å². The van der Waals surface area contributed by atoms with Gasteiger partial charge < -0.3 is 10.2 Å². The van der Waals surface area contributed by atoms with Crippen LogP contribution in [0.2, 0.25) is 0 Å². The van der Waals surface area contributed by atoms with E-state index in [4.69, 9.17) is 10.7 Å². The van der Waals surface area contributed by atoms with E-state index in [-0.39, 0.29) is 31.4 Å². The minimum absolute atomic E-state index is 0.0128. The van der Waals surface area contributed by atoms with Crippen molar-refractivity contribution >= 4 is 31.7 Å². The number of carbonyl (C=O) groups is 2. The molecule has 31 heavy (non-hydrogen) atoms. The minimum atomic E-state index is -4.43. The Kier molecular flexibility index (Phi) is 7.17. The summed E-state index contributed by atoms with van der Waals surface area (Å²) in [4.78, 5) is 27.1.